The van der Waals surface area contributed by atoms with Crippen LogP contribution >= 0.6 is 0 Å². The summed E-state index contributed by atoms with van der Waals surface area (Å²) in [6.45, 7) is 5.67. The van der Waals surface area contributed by atoms with Crippen LogP contribution in [0, 0.1) is 5.92 Å². The quantitative estimate of drug-likeness (QED) is 0.309. The number of fused-ring (bicyclic) bond motifs is 2. The average molecular weight is 584 g/mol. The van der Waals surface area contributed by atoms with Gasteiger partial charge in [-0.3, -0.25) is 19.5 Å². The number of nitrogens with one attached hydrogen (secondary N) is 1. The Morgan fingerprint density at radius 3 is 2.72 bits per heavy atom. The van der Waals surface area contributed by atoms with Gasteiger partial charge in [-0.05, 0) is 61.5 Å². The van der Waals surface area contributed by atoms with Gasteiger partial charge in [-0.1, -0.05) is 25.1 Å². The molecule has 1 aliphatic rings. The number of hydrogen-bond donors (Lipinski definition) is 2. The molecule has 3 atom stereocenters. The molecule has 2 aromatic carbocycles. The summed E-state index contributed by atoms with van der Waals surface area (Å²) in [6, 6.07) is 17.2. The molecule has 9 heteroatoms. The van der Waals surface area contributed by atoms with Crippen LogP contribution in [0.15, 0.2) is 73.2 Å². The van der Waals surface area contributed by atoms with Crippen molar-refractivity contribution in [2.24, 2.45) is 13.0 Å². The summed E-state index contributed by atoms with van der Waals surface area (Å²) in [4.78, 5) is 34.8. The van der Waals surface area contributed by atoms with E-state index in [1.807, 2.05) is 79.3 Å². The van der Waals surface area contributed by atoms with E-state index >= 15 is 0 Å². The van der Waals surface area contributed by atoms with E-state index in [0.717, 1.165) is 28.6 Å². The van der Waals surface area contributed by atoms with Crippen molar-refractivity contribution in [1.82, 2.24) is 19.4 Å². The number of aryl methyl sites for hydroxylation is 1. The van der Waals surface area contributed by atoms with Gasteiger partial charge < -0.3 is 24.6 Å². The summed E-state index contributed by atoms with van der Waals surface area (Å²) in [5.74, 6) is 0.423. The molecule has 2 N–H and O–H groups in total. The lowest BCUT2D eigenvalue weighted by Gasteiger charge is -2.34. The first-order chi connectivity index (χ1) is 20.7. The lowest BCUT2D eigenvalue weighted by atomic mass is 10.0. The molecular weight excluding hydrogens is 542 g/mol. The fourth-order valence-electron chi connectivity index (χ4n) is 5.84. The Bertz CT molecular complexity index is 1570. The van der Waals surface area contributed by atoms with Gasteiger partial charge in [0.05, 0.1) is 25.5 Å². The van der Waals surface area contributed by atoms with Crippen molar-refractivity contribution in [3.8, 4) is 5.75 Å². The number of aliphatic hydroxyl groups is 1. The Kier molecular flexibility index (Phi) is 9.43. The van der Waals surface area contributed by atoms with Gasteiger partial charge in [-0.15, -0.1) is 0 Å². The second-order valence-corrected chi connectivity index (χ2v) is 11.8. The fourth-order valence-corrected chi connectivity index (χ4v) is 5.84. The van der Waals surface area contributed by atoms with Gasteiger partial charge in [0.25, 0.3) is 0 Å². The third kappa shape index (κ3) is 7.24. The second-order valence-electron chi connectivity index (χ2n) is 11.8. The van der Waals surface area contributed by atoms with E-state index in [1.54, 1.807) is 17.3 Å². The minimum Gasteiger partial charge on any atom is -0.488 e. The Hall–Kier alpha value is -4.21. The van der Waals surface area contributed by atoms with Crippen molar-refractivity contribution in [3.05, 3.63) is 89.9 Å². The number of pyridine rings is 1. The number of benzene rings is 2. The number of para-hydroxylation sites is 1. The highest BCUT2D eigenvalue weighted by Gasteiger charge is 2.31. The van der Waals surface area contributed by atoms with Crippen molar-refractivity contribution < 1.29 is 19.4 Å². The summed E-state index contributed by atoms with van der Waals surface area (Å²) in [5, 5.41) is 14.0. The summed E-state index contributed by atoms with van der Waals surface area (Å²) in [5.41, 5.74) is 4.51. The number of carbonyl (C=O) groups is 2. The Morgan fingerprint density at radius 1 is 1.19 bits per heavy atom. The summed E-state index contributed by atoms with van der Waals surface area (Å²) in [6.07, 6.45) is 5.70. The molecule has 0 saturated carbocycles. The third-order valence-corrected chi connectivity index (χ3v) is 8.22. The van der Waals surface area contributed by atoms with Crippen molar-refractivity contribution in [2.45, 2.75) is 45.4 Å². The van der Waals surface area contributed by atoms with Crippen molar-refractivity contribution in [3.63, 3.8) is 0 Å². The maximum atomic E-state index is 13.6. The molecule has 43 heavy (non-hydrogen) atoms. The molecule has 4 aromatic rings. The predicted molar refractivity (Wildman–Crippen MR) is 168 cm³/mol. The van der Waals surface area contributed by atoms with Crippen LogP contribution in [0.5, 0.6) is 5.75 Å². The molecule has 5 rings (SSSR count). The first-order valence-electron chi connectivity index (χ1n) is 14.8. The van der Waals surface area contributed by atoms with E-state index in [1.165, 1.54) is 0 Å². The van der Waals surface area contributed by atoms with E-state index in [0.29, 0.717) is 30.1 Å². The molecular formula is C34H41N5O4. The number of anilines is 1. The van der Waals surface area contributed by atoms with E-state index in [9.17, 15) is 14.7 Å². The zero-order valence-corrected chi connectivity index (χ0v) is 25.4. The standard InChI is InChI=1S/C34H41N5O4/c1-23-18-39(24(2)22-40)34(42)17-26-15-28(36-33(41)16-27-20-38(4)30-8-6-5-7-29(27)30)9-10-31(26)43-32(23)21-37(3)19-25-11-13-35-14-12-25/h5-15,20,23-24,32,40H,16-19,21-22H2,1-4H3,(H,36,41)/t23-,24-,32-/m1/s1. The number of ether oxygens (including phenoxy) is 1. The number of aromatic nitrogens is 2. The summed E-state index contributed by atoms with van der Waals surface area (Å²) >= 11 is 0. The van der Waals surface area contributed by atoms with Crippen molar-refractivity contribution >= 4 is 28.4 Å². The molecule has 2 amide bonds. The Morgan fingerprint density at radius 2 is 1.95 bits per heavy atom. The van der Waals surface area contributed by atoms with E-state index in [-0.39, 0.29) is 49.3 Å². The number of likely N-dealkylation sites (N-methyl/N-ethyl adjacent to an activating group) is 1. The first kappa shape index (κ1) is 30.3. The van der Waals surface area contributed by atoms with Crippen LogP contribution in [-0.4, -0.2) is 75.2 Å². The number of hydrogen-bond acceptors (Lipinski definition) is 6. The van der Waals surface area contributed by atoms with E-state index in [4.69, 9.17) is 4.74 Å². The molecule has 3 heterocycles. The summed E-state index contributed by atoms with van der Waals surface area (Å²) in [7, 11) is 4.03. The highest BCUT2D eigenvalue weighted by atomic mass is 16.5. The molecule has 0 spiro atoms. The number of rotatable bonds is 9. The van der Waals surface area contributed by atoms with Gasteiger partial charge in [0, 0.05) is 73.3 Å². The van der Waals surface area contributed by atoms with Crippen LogP contribution in [0.4, 0.5) is 5.69 Å². The monoisotopic (exact) mass is 583 g/mol. The predicted octanol–water partition coefficient (Wildman–Crippen LogP) is 4.04. The van der Waals surface area contributed by atoms with Gasteiger partial charge in [0.15, 0.2) is 0 Å². The van der Waals surface area contributed by atoms with Crippen molar-refractivity contribution in [2.75, 3.05) is 32.1 Å². The Balaban J connectivity index is 1.37. The summed E-state index contributed by atoms with van der Waals surface area (Å²) < 4.78 is 8.67. The van der Waals surface area contributed by atoms with Gasteiger partial charge in [-0.2, -0.15) is 0 Å². The fraction of sp³-hybridized carbons (Fsp3) is 0.382. The number of carbonyl (C=O) groups excluding carboxylic acids is 2. The third-order valence-electron chi connectivity index (χ3n) is 8.22. The normalized spacial score (nSPS) is 18.0. The van der Waals surface area contributed by atoms with Crippen molar-refractivity contribution in [1.29, 1.82) is 0 Å². The highest BCUT2D eigenvalue weighted by Crippen LogP contribution is 2.30. The van der Waals surface area contributed by atoms with Gasteiger partial charge in [0.2, 0.25) is 11.8 Å². The van der Waals surface area contributed by atoms with Gasteiger partial charge in [0.1, 0.15) is 11.9 Å². The molecule has 226 valence electrons. The zero-order chi connectivity index (χ0) is 30.5. The van der Waals surface area contributed by atoms with E-state index < -0.39 is 0 Å². The SMILES string of the molecule is C[C@@H]1CN([C@H](C)CO)C(=O)Cc2cc(NC(=O)Cc3cn(C)c4ccccc34)ccc2O[C@@H]1CN(C)Cc1ccncc1. The topological polar surface area (TPSA) is 99.9 Å². The van der Waals surface area contributed by atoms with Crippen LogP contribution in [0.1, 0.15) is 30.5 Å². The molecule has 0 unspecified atom stereocenters. The molecule has 0 radical (unpaired) electrons. The lowest BCUT2D eigenvalue weighted by molar-refractivity contribution is -0.134. The largest absolute Gasteiger partial charge is 0.488 e. The van der Waals surface area contributed by atoms with Gasteiger partial charge in [-0.25, -0.2) is 0 Å². The molecule has 0 aliphatic carbocycles. The average Bonchev–Trinajstić information content (AvgIpc) is 3.32. The van der Waals surface area contributed by atoms with Crippen LogP contribution < -0.4 is 10.1 Å². The smallest absolute Gasteiger partial charge is 0.228 e. The number of nitrogens with zero attached hydrogens (tertiary/aromatic N) is 4. The van der Waals surface area contributed by atoms with Crippen LogP contribution in [0.3, 0.4) is 0 Å². The van der Waals surface area contributed by atoms with Crippen LogP contribution in [-0.2, 0) is 36.0 Å². The first-order valence-corrected chi connectivity index (χ1v) is 14.8. The molecule has 9 nitrogen and oxygen atoms in total. The second kappa shape index (κ2) is 13.4. The highest BCUT2D eigenvalue weighted by molar-refractivity contribution is 5.96. The minimum absolute atomic E-state index is 0.00358. The molecule has 1 aliphatic heterocycles. The molecule has 0 fully saturated rings. The van der Waals surface area contributed by atoms with Crippen LogP contribution in [0.25, 0.3) is 10.9 Å². The number of aliphatic hydroxyl groups excluding tert-OH is 1. The maximum absolute atomic E-state index is 13.6. The molecule has 2 aromatic heterocycles. The van der Waals surface area contributed by atoms with Gasteiger partial charge >= 0.3 is 0 Å². The minimum atomic E-state index is -0.324. The molecule has 0 saturated heterocycles. The zero-order valence-electron chi connectivity index (χ0n) is 25.4. The number of amides is 2. The lowest BCUT2D eigenvalue weighted by Crippen LogP contribution is -2.47. The van der Waals surface area contributed by atoms with Crippen LogP contribution in [0.2, 0.25) is 0 Å². The van der Waals surface area contributed by atoms with E-state index in [2.05, 4.69) is 29.2 Å². The Labute approximate surface area is 253 Å². The maximum Gasteiger partial charge on any atom is 0.228 e. The molecule has 0 bridgehead atoms.